The van der Waals surface area contributed by atoms with Crippen LogP contribution in [0.1, 0.15) is 39.0 Å². The zero-order valence-electron chi connectivity index (χ0n) is 14.9. The number of likely N-dealkylation sites (tertiary alicyclic amines) is 1. The van der Waals surface area contributed by atoms with E-state index in [-0.39, 0.29) is 10.8 Å². The Morgan fingerprint density at radius 1 is 1.16 bits per heavy atom. The quantitative estimate of drug-likeness (QED) is 0.802. The maximum absolute atomic E-state index is 13.4. The molecule has 1 spiro atoms. The second-order valence-corrected chi connectivity index (χ2v) is 8.59. The Bertz CT molecular complexity index is 747. The summed E-state index contributed by atoms with van der Waals surface area (Å²) < 4.78 is 33.4. The lowest BCUT2D eigenvalue weighted by Crippen LogP contribution is -2.61. The van der Waals surface area contributed by atoms with Gasteiger partial charge in [-0.15, -0.1) is 0 Å². The predicted molar refractivity (Wildman–Crippen MR) is 95.0 cm³/mol. The molecule has 1 amide bonds. The van der Waals surface area contributed by atoms with Gasteiger partial charge in [0.1, 0.15) is 16.2 Å². The molecule has 2 fully saturated rings. The van der Waals surface area contributed by atoms with Crippen molar-refractivity contribution < 1.29 is 17.9 Å². The number of ether oxygens (including phenoxy) is 1. The summed E-state index contributed by atoms with van der Waals surface area (Å²) in [5.74, 6) is 0.287. The van der Waals surface area contributed by atoms with E-state index in [0.717, 1.165) is 19.4 Å². The fraction of sp³-hybridized carbons (Fsp3) is 0.611. The summed E-state index contributed by atoms with van der Waals surface area (Å²) in [7, 11) is -2.34. The van der Waals surface area contributed by atoms with Crippen LogP contribution >= 0.6 is 0 Å². The minimum Gasteiger partial charge on any atom is -0.495 e. The van der Waals surface area contributed by atoms with Gasteiger partial charge < -0.3 is 9.64 Å². The average molecular weight is 366 g/mol. The third-order valence-electron chi connectivity index (χ3n) is 5.26. The Hall–Kier alpha value is -1.60. The smallest absolute Gasteiger partial charge is 0.247 e. The summed E-state index contributed by atoms with van der Waals surface area (Å²) in [6, 6.07) is 6.62. The first-order valence-electron chi connectivity index (χ1n) is 8.92. The highest BCUT2D eigenvalue weighted by atomic mass is 32.2. The van der Waals surface area contributed by atoms with Crippen LogP contribution in [0.4, 0.5) is 0 Å². The van der Waals surface area contributed by atoms with Crippen molar-refractivity contribution in [2.45, 2.75) is 49.5 Å². The van der Waals surface area contributed by atoms with Crippen LogP contribution in [-0.2, 0) is 14.8 Å². The van der Waals surface area contributed by atoms with Crippen LogP contribution in [0.2, 0.25) is 0 Å². The number of rotatable bonds is 5. The van der Waals surface area contributed by atoms with E-state index in [0.29, 0.717) is 38.1 Å². The van der Waals surface area contributed by atoms with Crippen LogP contribution in [0.3, 0.4) is 0 Å². The lowest BCUT2D eigenvalue weighted by Gasteiger charge is -2.43. The van der Waals surface area contributed by atoms with Gasteiger partial charge >= 0.3 is 0 Å². The Labute approximate surface area is 149 Å². The van der Waals surface area contributed by atoms with Crippen LogP contribution in [0.15, 0.2) is 29.2 Å². The summed E-state index contributed by atoms with van der Waals surface area (Å²) in [6.45, 7) is 3.82. The van der Waals surface area contributed by atoms with Crippen molar-refractivity contribution in [3.05, 3.63) is 24.3 Å². The fourth-order valence-corrected chi connectivity index (χ4v) is 6.15. The first-order valence-corrected chi connectivity index (χ1v) is 10.4. The predicted octanol–water partition coefficient (Wildman–Crippen LogP) is 2.25. The molecular formula is C18H26N2O4S. The molecule has 138 valence electrons. The summed E-state index contributed by atoms with van der Waals surface area (Å²) >= 11 is 0. The molecule has 1 atom stereocenters. The molecule has 1 aromatic carbocycles. The summed E-state index contributed by atoms with van der Waals surface area (Å²) in [6.07, 6.45) is 3.62. The van der Waals surface area contributed by atoms with Gasteiger partial charge in [0.05, 0.1) is 7.11 Å². The van der Waals surface area contributed by atoms with Crippen molar-refractivity contribution in [2.75, 3.05) is 26.7 Å². The van der Waals surface area contributed by atoms with Gasteiger partial charge in [-0.25, -0.2) is 8.42 Å². The Balaban J connectivity index is 2.02. The zero-order valence-corrected chi connectivity index (χ0v) is 15.7. The van der Waals surface area contributed by atoms with E-state index < -0.39 is 15.6 Å². The largest absolute Gasteiger partial charge is 0.495 e. The molecule has 2 aliphatic heterocycles. The number of piperidine rings is 1. The SMILES string of the molecule is CCCN1CCCC2(CCCN2S(=O)(=O)c2ccccc2OC)C1=O. The molecule has 0 saturated carbocycles. The first-order chi connectivity index (χ1) is 12.0. The van der Waals surface area contributed by atoms with Gasteiger partial charge in [-0.2, -0.15) is 4.31 Å². The monoisotopic (exact) mass is 366 g/mol. The summed E-state index contributed by atoms with van der Waals surface area (Å²) in [4.78, 5) is 15.1. The van der Waals surface area contributed by atoms with E-state index in [1.54, 1.807) is 24.3 Å². The maximum Gasteiger partial charge on any atom is 0.247 e. The third-order valence-corrected chi connectivity index (χ3v) is 7.27. The highest BCUT2D eigenvalue weighted by molar-refractivity contribution is 7.89. The third kappa shape index (κ3) is 2.93. The number of carbonyl (C=O) groups is 1. The molecular weight excluding hydrogens is 340 g/mol. The molecule has 2 heterocycles. The number of methoxy groups -OCH3 is 1. The van der Waals surface area contributed by atoms with Crippen molar-refractivity contribution >= 4 is 15.9 Å². The summed E-state index contributed by atoms with van der Waals surface area (Å²) in [5.41, 5.74) is -0.924. The topological polar surface area (TPSA) is 66.9 Å². The van der Waals surface area contributed by atoms with Crippen LogP contribution in [0.5, 0.6) is 5.75 Å². The van der Waals surface area contributed by atoms with Crippen molar-refractivity contribution in [3.63, 3.8) is 0 Å². The molecule has 1 aromatic rings. The van der Waals surface area contributed by atoms with Crippen LogP contribution in [0.25, 0.3) is 0 Å². The molecule has 1 unspecified atom stereocenters. The minimum absolute atomic E-state index is 0.0310. The molecule has 0 N–H and O–H groups in total. The van der Waals surface area contributed by atoms with E-state index in [1.165, 1.54) is 11.4 Å². The average Bonchev–Trinajstić information content (AvgIpc) is 3.04. The van der Waals surface area contributed by atoms with Crippen molar-refractivity contribution in [3.8, 4) is 5.75 Å². The number of sulfonamides is 1. The maximum atomic E-state index is 13.4. The molecule has 6 nitrogen and oxygen atoms in total. The van der Waals surface area contributed by atoms with Crippen molar-refractivity contribution in [2.24, 2.45) is 0 Å². The Morgan fingerprint density at radius 3 is 2.52 bits per heavy atom. The van der Waals surface area contributed by atoms with Gasteiger partial charge in [-0.3, -0.25) is 4.79 Å². The van der Waals surface area contributed by atoms with Gasteiger partial charge in [-0.05, 0) is 44.2 Å². The van der Waals surface area contributed by atoms with Crippen LogP contribution in [0, 0.1) is 0 Å². The van der Waals surface area contributed by atoms with Crippen molar-refractivity contribution in [1.82, 2.24) is 9.21 Å². The van der Waals surface area contributed by atoms with E-state index in [2.05, 4.69) is 0 Å². The molecule has 0 radical (unpaired) electrons. The number of carbonyl (C=O) groups excluding carboxylic acids is 1. The highest BCUT2D eigenvalue weighted by Gasteiger charge is 2.55. The first kappa shape index (κ1) is 18.2. The molecule has 7 heteroatoms. The van der Waals surface area contributed by atoms with Gasteiger partial charge in [0.25, 0.3) is 0 Å². The highest BCUT2D eigenvalue weighted by Crippen LogP contribution is 2.42. The molecule has 0 aromatic heterocycles. The molecule has 0 aliphatic carbocycles. The molecule has 2 saturated heterocycles. The molecule has 3 rings (SSSR count). The Morgan fingerprint density at radius 2 is 1.84 bits per heavy atom. The van der Waals surface area contributed by atoms with Crippen molar-refractivity contribution in [1.29, 1.82) is 0 Å². The number of hydrogen-bond donors (Lipinski definition) is 0. The second-order valence-electron chi connectivity index (χ2n) is 6.76. The Kier molecular flexibility index (Phi) is 5.06. The van der Waals surface area contributed by atoms with Gasteiger partial charge in [0.15, 0.2) is 0 Å². The molecule has 0 bridgehead atoms. The fourth-order valence-electron chi connectivity index (χ4n) is 4.17. The lowest BCUT2D eigenvalue weighted by atomic mass is 9.86. The summed E-state index contributed by atoms with van der Waals surface area (Å²) in [5, 5.41) is 0. The minimum atomic E-state index is -3.80. The van der Waals surface area contributed by atoms with Gasteiger partial charge in [0, 0.05) is 19.6 Å². The van der Waals surface area contributed by atoms with Crippen LogP contribution < -0.4 is 4.74 Å². The van der Waals surface area contributed by atoms with Gasteiger partial charge in [0.2, 0.25) is 15.9 Å². The normalized spacial score (nSPS) is 24.9. The van der Waals surface area contributed by atoms with E-state index in [9.17, 15) is 13.2 Å². The number of benzene rings is 1. The number of amides is 1. The van der Waals surface area contributed by atoms with E-state index in [4.69, 9.17) is 4.74 Å². The van der Waals surface area contributed by atoms with Crippen LogP contribution in [-0.4, -0.2) is 55.8 Å². The second kappa shape index (κ2) is 6.96. The van der Waals surface area contributed by atoms with Gasteiger partial charge in [-0.1, -0.05) is 19.1 Å². The number of para-hydroxylation sites is 1. The lowest BCUT2D eigenvalue weighted by molar-refractivity contribution is -0.144. The van der Waals surface area contributed by atoms with E-state index in [1.807, 2.05) is 11.8 Å². The number of hydrogen-bond acceptors (Lipinski definition) is 4. The number of nitrogens with zero attached hydrogens (tertiary/aromatic N) is 2. The zero-order chi connectivity index (χ0) is 18.1. The molecule has 2 aliphatic rings. The molecule has 25 heavy (non-hydrogen) atoms. The standard InChI is InChI=1S/C18H26N2O4S/c1-3-12-19-13-6-10-18(17(19)21)11-7-14-20(18)25(22,23)16-9-5-4-8-15(16)24-2/h4-5,8-9H,3,6-7,10-14H2,1-2H3. The van der Waals surface area contributed by atoms with E-state index >= 15 is 0 Å².